The fourth-order valence-electron chi connectivity index (χ4n) is 3.20. The van der Waals surface area contributed by atoms with E-state index in [4.69, 9.17) is 21.6 Å². The fourth-order valence-corrected chi connectivity index (χ4v) is 4.04. The molecule has 0 radical (unpaired) electrons. The Hall–Kier alpha value is -3.75. The van der Waals surface area contributed by atoms with Gasteiger partial charge in [0.1, 0.15) is 18.7 Å². The Kier molecular flexibility index (Phi) is 6.67. The minimum Gasteiger partial charge on any atom is -0.454 e. The molecular weight excluding hydrogens is 444 g/mol. The SMILES string of the molecule is C#Cc1ccccc1C1OC=C(Sc2nc3c(N)ncnc3n2CCCNC(=O)C(C)O)O1. The standard InChI is InChI=1S/C22H22N6O4S/c1-3-14-7-4-5-8-15(14)21-31-11-16(32-21)33-22-27-17-18(23)25-12-26-19(17)28(22)10-6-9-24-20(30)13(2)29/h1,4-5,7-8,11-13,21,29H,6,9-10H2,2H3,(H,24,30)(H2,23,25,26). The number of amides is 1. The number of hydrogen-bond donors (Lipinski definition) is 3. The second-order valence-corrected chi connectivity index (χ2v) is 8.13. The molecule has 0 saturated carbocycles. The second-order valence-electron chi connectivity index (χ2n) is 7.15. The molecule has 33 heavy (non-hydrogen) atoms. The van der Waals surface area contributed by atoms with Crippen LogP contribution in [0.3, 0.4) is 0 Å². The highest BCUT2D eigenvalue weighted by molar-refractivity contribution is 8.02. The first-order valence-electron chi connectivity index (χ1n) is 10.2. The van der Waals surface area contributed by atoms with Crippen molar-refractivity contribution in [1.82, 2.24) is 24.8 Å². The smallest absolute Gasteiger partial charge is 0.269 e. The Balaban J connectivity index is 1.50. The summed E-state index contributed by atoms with van der Waals surface area (Å²) in [7, 11) is 0. The van der Waals surface area contributed by atoms with Crippen LogP contribution < -0.4 is 11.1 Å². The van der Waals surface area contributed by atoms with E-state index in [1.165, 1.54) is 31.3 Å². The van der Waals surface area contributed by atoms with Crippen LogP contribution in [0.1, 0.15) is 30.8 Å². The lowest BCUT2D eigenvalue weighted by molar-refractivity contribution is -0.128. The van der Waals surface area contributed by atoms with Gasteiger partial charge in [-0.25, -0.2) is 15.0 Å². The molecule has 0 aliphatic carbocycles. The number of anilines is 1. The number of nitrogens with zero attached hydrogens (tertiary/aromatic N) is 4. The Morgan fingerprint density at radius 2 is 2.24 bits per heavy atom. The Bertz CT molecular complexity index is 1250. The van der Waals surface area contributed by atoms with Gasteiger partial charge in [0.25, 0.3) is 6.29 Å². The molecule has 2 atom stereocenters. The summed E-state index contributed by atoms with van der Waals surface area (Å²) in [6.45, 7) is 2.29. The summed E-state index contributed by atoms with van der Waals surface area (Å²) in [5, 5.41) is 13.1. The van der Waals surface area contributed by atoms with Crippen LogP contribution in [0.2, 0.25) is 0 Å². The highest BCUT2D eigenvalue weighted by Crippen LogP contribution is 2.39. The molecule has 4 N–H and O–H groups in total. The highest BCUT2D eigenvalue weighted by Gasteiger charge is 2.26. The number of ether oxygens (including phenoxy) is 2. The molecule has 3 heterocycles. The van der Waals surface area contributed by atoms with Crippen molar-refractivity contribution >= 4 is 34.7 Å². The number of carbonyl (C=O) groups excluding carboxylic acids is 1. The van der Waals surface area contributed by atoms with E-state index in [1.807, 2.05) is 28.8 Å². The molecule has 2 aromatic heterocycles. The lowest BCUT2D eigenvalue weighted by Crippen LogP contribution is -2.33. The maximum absolute atomic E-state index is 11.6. The van der Waals surface area contributed by atoms with Gasteiger partial charge >= 0.3 is 0 Å². The summed E-state index contributed by atoms with van der Waals surface area (Å²) < 4.78 is 13.5. The van der Waals surface area contributed by atoms with Gasteiger partial charge in [0.05, 0.1) is 0 Å². The third-order valence-corrected chi connectivity index (χ3v) is 5.72. The van der Waals surface area contributed by atoms with Crippen LogP contribution in [0.25, 0.3) is 11.2 Å². The molecule has 0 saturated heterocycles. The lowest BCUT2D eigenvalue weighted by Gasteiger charge is -2.14. The van der Waals surface area contributed by atoms with E-state index in [1.54, 1.807) is 0 Å². The van der Waals surface area contributed by atoms with Gasteiger partial charge in [0, 0.05) is 24.2 Å². The quantitative estimate of drug-likeness (QED) is 0.336. The van der Waals surface area contributed by atoms with Crippen LogP contribution in [0, 0.1) is 12.3 Å². The molecule has 3 aromatic rings. The molecular formula is C22H22N6O4S. The molecule has 0 bridgehead atoms. The number of aromatic nitrogens is 4. The van der Waals surface area contributed by atoms with Crippen molar-refractivity contribution in [2.45, 2.75) is 37.4 Å². The topological polar surface area (TPSA) is 137 Å². The van der Waals surface area contributed by atoms with Gasteiger partial charge in [-0.05, 0) is 31.2 Å². The number of benzene rings is 1. The van der Waals surface area contributed by atoms with Crippen LogP contribution in [-0.4, -0.2) is 43.2 Å². The first-order chi connectivity index (χ1) is 16.0. The van der Waals surface area contributed by atoms with Crippen molar-refractivity contribution < 1.29 is 19.4 Å². The van der Waals surface area contributed by atoms with Crippen LogP contribution in [-0.2, 0) is 20.8 Å². The number of aryl methyl sites for hydroxylation is 1. The number of terminal acetylenes is 1. The summed E-state index contributed by atoms with van der Waals surface area (Å²) in [4.78, 5) is 24.5. The molecule has 1 aliphatic rings. The van der Waals surface area contributed by atoms with Gasteiger partial charge in [-0.1, -0.05) is 24.1 Å². The molecule has 10 nitrogen and oxygen atoms in total. The average molecular weight is 467 g/mol. The van der Waals surface area contributed by atoms with Crippen LogP contribution in [0.5, 0.6) is 0 Å². The number of nitrogen functional groups attached to an aromatic ring is 1. The van der Waals surface area contributed by atoms with Gasteiger partial charge in [-0.3, -0.25) is 4.79 Å². The van der Waals surface area contributed by atoms with E-state index in [9.17, 15) is 9.90 Å². The van der Waals surface area contributed by atoms with Crippen LogP contribution in [0.4, 0.5) is 5.82 Å². The second kappa shape index (κ2) is 9.81. The number of fused-ring (bicyclic) bond motifs is 1. The molecule has 0 fully saturated rings. The average Bonchev–Trinajstić information content (AvgIpc) is 3.42. The van der Waals surface area contributed by atoms with E-state index in [0.717, 1.165) is 5.56 Å². The summed E-state index contributed by atoms with van der Waals surface area (Å²) >= 11 is 1.26. The molecule has 11 heteroatoms. The van der Waals surface area contributed by atoms with Crippen LogP contribution >= 0.6 is 11.8 Å². The van der Waals surface area contributed by atoms with Gasteiger partial charge < -0.3 is 30.2 Å². The van der Waals surface area contributed by atoms with Gasteiger partial charge in [0.15, 0.2) is 22.1 Å². The molecule has 1 aliphatic heterocycles. The predicted molar refractivity (Wildman–Crippen MR) is 122 cm³/mol. The first-order valence-corrected chi connectivity index (χ1v) is 11.0. The Labute approximate surface area is 194 Å². The van der Waals surface area contributed by atoms with Gasteiger partial charge in [0.2, 0.25) is 11.0 Å². The van der Waals surface area contributed by atoms with Crippen molar-refractivity contribution in [2.75, 3.05) is 12.3 Å². The minimum absolute atomic E-state index is 0.265. The molecule has 1 aromatic carbocycles. The highest BCUT2D eigenvalue weighted by atomic mass is 32.2. The number of aliphatic hydroxyl groups is 1. The zero-order chi connectivity index (χ0) is 23.4. The molecule has 2 unspecified atom stereocenters. The van der Waals surface area contributed by atoms with E-state index < -0.39 is 18.3 Å². The molecule has 1 amide bonds. The number of imidazole rings is 1. The number of aliphatic hydroxyl groups excluding tert-OH is 1. The number of carbonyl (C=O) groups is 1. The Morgan fingerprint density at radius 1 is 1.42 bits per heavy atom. The third-order valence-electron chi connectivity index (χ3n) is 4.84. The van der Waals surface area contributed by atoms with E-state index >= 15 is 0 Å². The van der Waals surface area contributed by atoms with E-state index in [0.29, 0.717) is 46.5 Å². The van der Waals surface area contributed by atoms with Crippen molar-refractivity contribution in [1.29, 1.82) is 0 Å². The molecule has 4 rings (SSSR count). The summed E-state index contributed by atoms with van der Waals surface area (Å²) in [5.74, 6) is 2.47. The van der Waals surface area contributed by atoms with Gasteiger partial charge in [-0.2, -0.15) is 0 Å². The van der Waals surface area contributed by atoms with E-state index in [-0.39, 0.29) is 5.82 Å². The summed E-state index contributed by atoms with van der Waals surface area (Å²) in [5.41, 5.74) is 8.48. The number of rotatable bonds is 8. The lowest BCUT2D eigenvalue weighted by atomic mass is 10.1. The number of hydrogen-bond acceptors (Lipinski definition) is 9. The van der Waals surface area contributed by atoms with Crippen molar-refractivity contribution in [3.63, 3.8) is 0 Å². The summed E-state index contributed by atoms with van der Waals surface area (Å²) in [6, 6.07) is 7.40. The van der Waals surface area contributed by atoms with Crippen LogP contribution in [0.15, 0.2) is 47.1 Å². The number of thioether (sulfide) groups is 1. The zero-order valence-electron chi connectivity index (χ0n) is 17.8. The minimum atomic E-state index is -1.06. The zero-order valence-corrected chi connectivity index (χ0v) is 18.6. The fraction of sp³-hybridized carbons (Fsp3) is 0.273. The van der Waals surface area contributed by atoms with Crippen molar-refractivity contribution in [2.24, 2.45) is 0 Å². The van der Waals surface area contributed by atoms with Gasteiger partial charge in [-0.15, -0.1) is 6.42 Å². The van der Waals surface area contributed by atoms with Crippen molar-refractivity contribution in [3.05, 3.63) is 53.1 Å². The molecule has 0 spiro atoms. The van der Waals surface area contributed by atoms with E-state index in [2.05, 4.69) is 26.2 Å². The number of nitrogens with one attached hydrogen (secondary N) is 1. The predicted octanol–water partition coefficient (Wildman–Crippen LogP) is 1.91. The normalized spacial score (nSPS) is 15.9. The third kappa shape index (κ3) is 4.87. The number of nitrogens with two attached hydrogens (primary N) is 1. The Morgan fingerprint density at radius 3 is 3.03 bits per heavy atom. The maximum Gasteiger partial charge on any atom is 0.269 e. The molecule has 170 valence electrons. The maximum atomic E-state index is 11.6. The van der Waals surface area contributed by atoms with Crippen molar-refractivity contribution in [3.8, 4) is 12.3 Å². The first kappa shape index (κ1) is 22.4. The summed E-state index contributed by atoms with van der Waals surface area (Å²) in [6.07, 6.45) is 7.35. The largest absolute Gasteiger partial charge is 0.454 e. The monoisotopic (exact) mass is 466 g/mol.